The highest BCUT2D eigenvalue weighted by Crippen LogP contribution is 2.34. The van der Waals surface area contributed by atoms with Crippen molar-refractivity contribution in [3.8, 4) is 0 Å². The number of nitrogens with two attached hydrogens (primary N) is 1. The van der Waals surface area contributed by atoms with Crippen LogP contribution in [0.15, 0.2) is 0 Å². The van der Waals surface area contributed by atoms with Crippen LogP contribution in [0.4, 0.5) is 0 Å². The first kappa shape index (κ1) is 11.3. The van der Waals surface area contributed by atoms with Crippen LogP contribution in [-0.2, 0) is 0 Å². The van der Waals surface area contributed by atoms with Gasteiger partial charge in [0.25, 0.3) is 0 Å². The molecule has 2 nitrogen and oxygen atoms in total. The Bertz CT molecular complexity index is 222. The lowest BCUT2D eigenvalue weighted by molar-refractivity contribution is 0.248. The van der Waals surface area contributed by atoms with Gasteiger partial charge in [0.1, 0.15) is 0 Å². The van der Waals surface area contributed by atoms with Crippen LogP contribution < -0.4 is 5.73 Å². The van der Waals surface area contributed by atoms with Crippen molar-refractivity contribution in [2.45, 2.75) is 51.0 Å². The maximum atomic E-state index is 5.49. The van der Waals surface area contributed by atoms with Gasteiger partial charge in [-0.25, -0.2) is 0 Å². The van der Waals surface area contributed by atoms with Crippen LogP contribution in [0.2, 0.25) is 0 Å². The quantitative estimate of drug-likeness (QED) is 0.509. The number of unbranched alkanes of at least 4 members (excludes halogenated alkanes) is 1. The molecule has 0 aromatic heterocycles. The summed E-state index contributed by atoms with van der Waals surface area (Å²) in [7, 11) is 0. The Kier molecular flexibility index (Phi) is 3.98. The number of hydrogen-bond donors (Lipinski definition) is 1. The van der Waals surface area contributed by atoms with E-state index in [9.17, 15) is 0 Å². The van der Waals surface area contributed by atoms with Crippen molar-refractivity contribution in [1.82, 2.24) is 4.90 Å². The van der Waals surface area contributed by atoms with Crippen molar-refractivity contribution in [1.29, 1.82) is 0 Å². The average molecular weight is 226 g/mol. The van der Waals surface area contributed by atoms with E-state index in [1.54, 1.807) is 0 Å². The monoisotopic (exact) mass is 226 g/mol. The molecule has 0 radical (unpaired) electrons. The second-order valence-electron chi connectivity index (χ2n) is 5.09. The lowest BCUT2D eigenvalue weighted by Gasteiger charge is -2.21. The Morgan fingerprint density at radius 2 is 1.93 bits per heavy atom. The molecular formula is C12H22N2S. The standard InChI is InChI=1S/C12H22N2S/c13-12(15)3-1-2-8-14(11-6-7-11)9-10-4-5-10/h10-11H,1-9H2,(H2,13,15). The van der Waals surface area contributed by atoms with E-state index in [-0.39, 0.29) is 0 Å². The SMILES string of the molecule is NC(=S)CCCCN(CC1CC1)C1CC1. The molecule has 0 spiro atoms. The smallest absolute Gasteiger partial charge is 0.0727 e. The van der Waals surface area contributed by atoms with Crippen LogP contribution in [0.25, 0.3) is 0 Å². The number of thiocarbonyl (C=S) groups is 1. The zero-order valence-corrected chi connectivity index (χ0v) is 10.3. The highest BCUT2D eigenvalue weighted by atomic mass is 32.1. The number of nitrogens with zero attached hydrogens (tertiary/aromatic N) is 1. The molecule has 2 aliphatic carbocycles. The molecule has 2 N–H and O–H groups in total. The maximum absolute atomic E-state index is 5.49. The van der Waals surface area contributed by atoms with Gasteiger partial charge in [-0.15, -0.1) is 0 Å². The molecule has 2 rings (SSSR count). The van der Waals surface area contributed by atoms with Crippen molar-refractivity contribution in [3.05, 3.63) is 0 Å². The molecule has 0 aromatic rings. The van der Waals surface area contributed by atoms with Gasteiger partial charge in [-0.05, 0) is 57.4 Å². The largest absolute Gasteiger partial charge is 0.393 e. The molecule has 0 bridgehead atoms. The van der Waals surface area contributed by atoms with Gasteiger partial charge < -0.3 is 10.6 Å². The average Bonchev–Trinajstić information content (AvgIpc) is 3.00. The summed E-state index contributed by atoms with van der Waals surface area (Å²) < 4.78 is 0. The summed E-state index contributed by atoms with van der Waals surface area (Å²) in [5.41, 5.74) is 5.49. The predicted octanol–water partition coefficient (Wildman–Crippen LogP) is 2.32. The fourth-order valence-electron chi connectivity index (χ4n) is 2.11. The molecule has 0 saturated heterocycles. The lowest BCUT2D eigenvalue weighted by Crippen LogP contribution is -2.29. The molecular weight excluding hydrogens is 204 g/mol. The number of rotatable bonds is 8. The van der Waals surface area contributed by atoms with Gasteiger partial charge in [-0.3, -0.25) is 0 Å². The first-order valence-electron chi connectivity index (χ1n) is 6.28. The molecule has 2 fully saturated rings. The van der Waals surface area contributed by atoms with Crippen LogP contribution in [-0.4, -0.2) is 29.0 Å². The highest BCUT2D eigenvalue weighted by Gasteiger charge is 2.32. The molecule has 2 aliphatic rings. The third-order valence-corrected chi connectivity index (χ3v) is 3.58. The lowest BCUT2D eigenvalue weighted by atomic mass is 10.2. The summed E-state index contributed by atoms with van der Waals surface area (Å²) in [5, 5.41) is 0. The third-order valence-electron chi connectivity index (χ3n) is 3.37. The van der Waals surface area contributed by atoms with E-state index in [1.807, 2.05) is 0 Å². The van der Waals surface area contributed by atoms with E-state index in [4.69, 9.17) is 18.0 Å². The van der Waals surface area contributed by atoms with E-state index in [1.165, 1.54) is 51.6 Å². The Labute approximate surface area is 98.2 Å². The van der Waals surface area contributed by atoms with Gasteiger partial charge in [-0.2, -0.15) is 0 Å². The fraction of sp³-hybridized carbons (Fsp3) is 0.917. The van der Waals surface area contributed by atoms with Gasteiger partial charge in [0.05, 0.1) is 4.99 Å². The van der Waals surface area contributed by atoms with Crippen molar-refractivity contribution in [2.75, 3.05) is 13.1 Å². The van der Waals surface area contributed by atoms with Gasteiger partial charge in [-0.1, -0.05) is 12.2 Å². The van der Waals surface area contributed by atoms with E-state index >= 15 is 0 Å². The molecule has 3 heteroatoms. The van der Waals surface area contributed by atoms with E-state index < -0.39 is 0 Å². The van der Waals surface area contributed by atoms with Gasteiger partial charge in [0.2, 0.25) is 0 Å². The van der Waals surface area contributed by atoms with E-state index in [0.29, 0.717) is 4.99 Å². The molecule has 0 unspecified atom stereocenters. The van der Waals surface area contributed by atoms with Crippen LogP contribution in [0.5, 0.6) is 0 Å². The van der Waals surface area contributed by atoms with Crippen molar-refractivity contribution < 1.29 is 0 Å². The van der Waals surface area contributed by atoms with E-state index in [0.717, 1.165) is 18.4 Å². The fourth-order valence-corrected chi connectivity index (χ4v) is 2.25. The molecule has 2 saturated carbocycles. The van der Waals surface area contributed by atoms with Gasteiger partial charge in [0, 0.05) is 12.6 Å². The van der Waals surface area contributed by atoms with Crippen LogP contribution in [0, 0.1) is 5.92 Å². The first-order chi connectivity index (χ1) is 7.25. The van der Waals surface area contributed by atoms with Crippen molar-refractivity contribution in [3.63, 3.8) is 0 Å². The highest BCUT2D eigenvalue weighted by molar-refractivity contribution is 7.80. The molecule has 86 valence electrons. The molecule has 0 heterocycles. The minimum absolute atomic E-state index is 0.676. The summed E-state index contributed by atoms with van der Waals surface area (Å²) in [6, 6.07) is 0.926. The van der Waals surface area contributed by atoms with Crippen molar-refractivity contribution in [2.24, 2.45) is 11.7 Å². The molecule has 0 aromatic carbocycles. The first-order valence-corrected chi connectivity index (χ1v) is 6.69. The summed E-state index contributed by atoms with van der Waals surface area (Å²) in [4.78, 5) is 3.38. The Hall–Kier alpha value is -0.150. The van der Waals surface area contributed by atoms with Crippen LogP contribution in [0.3, 0.4) is 0 Å². The second kappa shape index (κ2) is 5.26. The van der Waals surface area contributed by atoms with Crippen LogP contribution >= 0.6 is 12.2 Å². The third kappa shape index (κ3) is 4.47. The molecule has 0 atom stereocenters. The van der Waals surface area contributed by atoms with Gasteiger partial charge >= 0.3 is 0 Å². The van der Waals surface area contributed by atoms with Crippen molar-refractivity contribution >= 4 is 17.2 Å². The zero-order valence-electron chi connectivity index (χ0n) is 9.45. The topological polar surface area (TPSA) is 29.3 Å². The minimum Gasteiger partial charge on any atom is -0.393 e. The summed E-state index contributed by atoms with van der Waals surface area (Å²) in [6.45, 7) is 2.63. The van der Waals surface area contributed by atoms with E-state index in [2.05, 4.69) is 4.90 Å². The maximum Gasteiger partial charge on any atom is 0.0727 e. The normalized spacial score (nSPS) is 20.9. The Morgan fingerprint density at radius 1 is 1.20 bits per heavy atom. The minimum atomic E-state index is 0.676. The number of hydrogen-bond acceptors (Lipinski definition) is 2. The molecule has 15 heavy (non-hydrogen) atoms. The predicted molar refractivity (Wildman–Crippen MR) is 68.0 cm³/mol. The van der Waals surface area contributed by atoms with Crippen LogP contribution in [0.1, 0.15) is 44.9 Å². The zero-order chi connectivity index (χ0) is 10.7. The molecule has 0 aliphatic heterocycles. The Balaban J connectivity index is 1.58. The molecule has 0 amide bonds. The summed E-state index contributed by atoms with van der Waals surface area (Å²) in [5.74, 6) is 1.03. The Morgan fingerprint density at radius 3 is 2.47 bits per heavy atom. The van der Waals surface area contributed by atoms with Gasteiger partial charge in [0.15, 0.2) is 0 Å². The summed E-state index contributed by atoms with van der Waals surface area (Å²) in [6.07, 6.45) is 9.16. The second-order valence-corrected chi connectivity index (χ2v) is 5.62. The summed E-state index contributed by atoms with van der Waals surface area (Å²) >= 11 is 4.88.